The summed E-state index contributed by atoms with van der Waals surface area (Å²) in [6.45, 7) is 0. The van der Waals surface area contributed by atoms with Gasteiger partial charge in [0.1, 0.15) is 11.0 Å². The van der Waals surface area contributed by atoms with E-state index >= 15 is 0 Å². The van der Waals surface area contributed by atoms with Crippen molar-refractivity contribution in [3.05, 3.63) is 24.0 Å². The van der Waals surface area contributed by atoms with E-state index in [0.717, 1.165) is 0 Å². The van der Waals surface area contributed by atoms with Gasteiger partial charge in [-0.2, -0.15) is 0 Å². The summed E-state index contributed by atoms with van der Waals surface area (Å²) in [6, 6.07) is 4.52. The predicted octanol–water partition coefficient (Wildman–Crippen LogP) is 3.29. The van der Waals surface area contributed by atoms with Gasteiger partial charge in [0.05, 0.1) is 0 Å². The van der Waals surface area contributed by atoms with Crippen LogP contribution in [0.25, 0.3) is 0 Å². The van der Waals surface area contributed by atoms with Crippen LogP contribution in [-0.4, -0.2) is 11.0 Å². The first-order valence-electron chi connectivity index (χ1n) is 3.45. The molecule has 0 aliphatic heterocycles. The first-order valence-corrected chi connectivity index (χ1v) is 5.70. The quantitative estimate of drug-likeness (QED) is 0.794. The highest BCUT2D eigenvalue weighted by Crippen LogP contribution is 2.30. The summed E-state index contributed by atoms with van der Waals surface area (Å²) in [5.41, 5.74) is 0.529. The fourth-order valence-electron chi connectivity index (χ4n) is 0.856. The third-order valence-corrected chi connectivity index (χ3v) is 1.80. The minimum Gasteiger partial charge on any atom is -0.478 e. The summed E-state index contributed by atoms with van der Waals surface area (Å²) in [7, 11) is 0. The van der Waals surface area contributed by atoms with Gasteiger partial charge in [-0.05, 0) is 44.0 Å². The number of benzene rings is 1. The zero-order valence-electron chi connectivity index (χ0n) is 6.60. The van der Waals surface area contributed by atoms with Gasteiger partial charge in [0.15, 0.2) is 17.3 Å². The summed E-state index contributed by atoms with van der Waals surface area (Å²) in [5.74, 6) is 0.0769. The molecule has 2 nitrogen and oxygen atoms in total. The van der Waals surface area contributed by atoms with E-state index in [1.807, 2.05) is 0 Å². The Labute approximate surface area is 92.3 Å². The lowest BCUT2D eigenvalue weighted by molar-refractivity contribution is 0.323. The van der Waals surface area contributed by atoms with Crippen LogP contribution in [0.5, 0.6) is 11.5 Å². The van der Waals surface area contributed by atoms with Crippen molar-refractivity contribution < 1.29 is 13.9 Å². The molecule has 0 amide bonds. The minimum absolute atomic E-state index is 0.124. The molecule has 5 heteroatoms. The molecule has 0 aliphatic rings. The number of alkyl halides is 2. The minimum atomic E-state index is -0.432. The number of rotatable bonds is 4. The van der Waals surface area contributed by atoms with Gasteiger partial charge in [0, 0.05) is 0 Å². The zero-order chi connectivity index (χ0) is 9.68. The summed E-state index contributed by atoms with van der Waals surface area (Å²) in [4.78, 5) is 0. The first kappa shape index (κ1) is 10.8. The van der Waals surface area contributed by atoms with Crippen molar-refractivity contribution >= 4 is 31.9 Å². The Morgan fingerprint density at radius 3 is 2.46 bits per heavy atom. The second-order valence-electron chi connectivity index (χ2n) is 2.07. The van der Waals surface area contributed by atoms with Gasteiger partial charge in [-0.15, -0.1) is 0 Å². The molecule has 0 bridgehead atoms. The number of halogens is 3. The SMILES string of the molecule is Fc1cccc(OCBr)c1OCBr. The molecule has 0 radical (unpaired) electrons. The van der Waals surface area contributed by atoms with Crippen LogP contribution in [0.15, 0.2) is 18.2 Å². The lowest BCUT2D eigenvalue weighted by Gasteiger charge is -2.09. The van der Waals surface area contributed by atoms with E-state index in [4.69, 9.17) is 9.47 Å². The molecule has 1 aromatic carbocycles. The van der Waals surface area contributed by atoms with Crippen LogP contribution in [0.2, 0.25) is 0 Å². The van der Waals surface area contributed by atoms with Crippen molar-refractivity contribution in [2.75, 3.05) is 11.0 Å². The lowest BCUT2D eigenvalue weighted by atomic mass is 10.3. The second kappa shape index (κ2) is 5.44. The maximum atomic E-state index is 13.1. The second-order valence-corrected chi connectivity index (χ2v) is 2.99. The smallest absolute Gasteiger partial charge is 0.198 e. The molecule has 0 aromatic heterocycles. The Kier molecular flexibility index (Phi) is 4.52. The van der Waals surface area contributed by atoms with Gasteiger partial charge in [0.2, 0.25) is 0 Å². The molecular formula is C8H7Br2FO2. The van der Waals surface area contributed by atoms with Crippen molar-refractivity contribution in [2.24, 2.45) is 0 Å². The Morgan fingerprint density at radius 2 is 1.85 bits per heavy atom. The van der Waals surface area contributed by atoms with Crippen molar-refractivity contribution in [3.63, 3.8) is 0 Å². The summed E-state index contributed by atoms with van der Waals surface area (Å²) in [5, 5.41) is 0. The Balaban J connectivity index is 2.95. The maximum absolute atomic E-state index is 13.1. The first-order chi connectivity index (χ1) is 6.29. The van der Waals surface area contributed by atoms with Crippen molar-refractivity contribution in [1.29, 1.82) is 0 Å². The normalized spacial score (nSPS) is 9.77. The van der Waals surface area contributed by atoms with Crippen molar-refractivity contribution in [3.8, 4) is 11.5 Å². The molecule has 0 heterocycles. The standard InChI is InChI=1S/C8H7Br2FO2/c9-4-12-7-3-1-2-6(11)8(7)13-5-10/h1-3H,4-5H2. The predicted molar refractivity (Wildman–Crippen MR) is 55.2 cm³/mol. The maximum Gasteiger partial charge on any atom is 0.198 e. The molecule has 0 atom stereocenters. The Morgan fingerprint density at radius 1 is 1.15 bits per heavy atom. The fraction of sp³-hybridized carbons (Fsp3) is 0.250. The Hall–Kier alpha value is -0.290. The largest absolute Gasteiger partial charge is 0.478 e. The van der Waals surface area contributed by atoms with Gasteiger partial charge in [-0.25, -0.2) is 4.39 Å². The van der Waals surface area contributed by atoms with E-state index in [0.29, 0.717) is 11.3 Å². The number of para-hydroxylation sites is 1. The van der Waals surface area contributed by atoms with Gasteiger partial charge in [-0.1, -0.05) is 6.07 Å². The highest BCUT2D eigenvalue weighted by atomic mass is 79.9. The number of ether oxygens (including phenoxy) is 2. The van der Waals surface area contributed by atoms with Gasteiger partial charge in [0.25, 0.3) is 0 Å². The van der Waals surface area contributed by atoms with Crippen LogP contribution in [0, 0.1) is 5.82 Å². The molecular weight excluding hydrogens is 307 g/mol. The Bertz CT molecular complexity index is 281. The van der Waals surface area contributed by atoms with Crippen LogP contribution in [0.1, 0.15) is 0 Å². The molecule has 1 rings (SSSR count). The fourth-order valence-corrected chi connectivity index (χ4v) is 1.33. The molecule has 72 valence electrons. The van der Waals surface area contributed by atoms with Crippen LogP contribution in [0.3, 0.4) is 0 Å². The van der Waals surface area contributed by atoms with E-state index in [-0.39, 0.29) is 11.3 Å². The van der Waals surface area contributed by atoms with Gasteiger partial charge >= 0.3 is 0 Å². The summed E-state index contributed by atoms with van der Waals surface area (Å²) < 4.78 is 23.2. The molecule has 0 saturated heterocycles. The molecule has 0 N–H and O–H groups in total. The van der Waals surface area contributed by atoms with E-state index in [1.165, 1.54) is 6.07 Å². The molecule has 0 unspecified atom stereocenters. The monoisotopic (exact) mass is 312 g/mol. The summed E-state index contributed by atoms with van der Waals surface area (Å²) >= 11 is 6.13. The molecule has 13 heavy (non-hydrogen) atoms. The zero-order valence-corrected chi connectivity index (χ0v) is 9.77. The van der Waals surface area contributed by atoms with Gasteiger partial charge in [-0.3, -0.25) is 0 Å². The highest BCUT2D eigenvalue weighted by Gasteiger charge is 2.09. The van der Waals surface area contributed by atoms with Gasteiger partial charge < -0.3 is 9.47 Å². The van der Waals surface area contributed by atoms with E-state index in [1.54, 1.807) is 12.1 Å². The van der Waals surface area contributed by atoms with Crippen LogP contribution < -0.4 is 9.47 Å². The van der Waals surface area contributed by atoms with Crippen LogP contribution in [-0.2, 0) is 0 Å². The third kappa shape index (κ3) is 2.84. The van der Waals surface area contributed by atoms with Crippen LogP contribution in [0.4, 0.5) is 4.39 Å². The lowest BCUT2D eigenvalue weighted by Crippen LogP contribution is -1.97. The molecule has 1 aromatic rings. The molecule has 0 saturated carbocycles. The van der Waals surface area contributed by atoms with E-state index < -0.39 is 5.82 Å². The average molecular weight is 314 g/mol. The topological polar surface area (TPSA) is 18.5 Å². The van der Waals surface area contributed by atoms with Crippen molar-refractivity contribution in [2.45, 2.75) is 0 Å². The number of hydrogen-bond donors (Lipinski definition) is 0. The summed E-state index contributed by atoms with van der Waals surface area (Å²) in [6.07, 6.45) is 0. The van der Waals surface area contributed by atoms with E-state index in [9.17, 15) is 4.39 Å². The molecule has 0 fully saturated rings. The highest BCUT2D eigenvalue weighted by molar-refractivity contribution is 9.09. The molecule has 0 aliphatic carbocycles. The van der Waals surface area contributed by atoms with Crippen LogP contribution >= 0.6 is 31.9 Å². The number of hydrogen-bond acceptors (Lipinski definition) is 2. The van der Waals surface area contributed by atoms with E-state index in [2.05, 4.69) is 31.9 Å². The molecule has 0 spiro atoms. The third-order valence-electron chi connectivity index (χ3n) is 1.34. The average Bonchev–Trinajstić information content (AvgIpc) is 2.11. The van der Waals surface area contributed by atoms with Crippen molar-refractivity contribution in [1.82, 2.24) is 0 Å².